The van der Waals surface area contributed by atoms with Gasteiger partial charge in [0.2, 0.25) is 0 Å². The van der Waals surface area contributed by atoms with Gasteiger partial charge in [-0.15, -0.1) is 0 Å². The van der Waals surface area contributed by atoms with Crippen molar-refractivity contribution in [2.75, 3.05) is 7.11 Å². The quantitative estimate of drug-likeness (QED) is 0.612. The van der Waals surface area contributed by atoms with E-state index in [0.29, 0.717) is 16.9 Å². The Bertz CT molecular complexity index is 555. The van der Waals surface area contributed by atoms with Crippen LogP contribution in [0.15, 0.2) is 41.0 Å². The second-order valence-electron chi connectivity index (χ2n) is 3.72. The normalized spacial score (nSPS) is 10.1. The first-order chi connectivity index (χ1) is 8.76. The predicted octanol–water partition coefficient (Wildman–Crippen LogP) is 2.47. The Hall–Kier alpha value is -2.36. The molecule has 18 heavy (non-hydrogen) atoms. The number of carbonyl (C=O) groups is 2. The fourth-order valence-corrected chi connectivity index (χ4v) is 1.74. The van der Waals surface area contributed by atoms with E-state index >= 15 is 0 Å². The molecule has 0 radical (unpaired) electrons. The fourth-order valence-electron chi connectivity index (χ4n) is 1.74. The number of esters is 1. The summed E-state index contributed by atoms with van der Waals surface area (Å²) in [5.74, 6) is 0.141. The molecule has 1 heterocycles. The highest BCUT2D eigenvalue weighted by atomic mass is 16.5. The van der Waals surface area contributed by atoms with Crippen LogP contribution < -0.4 is 0 Å². The zero-order valence-electron chi connectivity index (χ0n) is 9.88. The van der Waals surface area contributed by atoms with Crippen LogP contribution in [0.1, 0.15) is 15.9 Å². The van der Waals surface area contributed by atoms with Gasteiger partial charge in [-0.3, -0.25) is 0 Å². The first-order valence-electron chi connectivity index (χ1n) is 5.45. The average Bonchev–Trinajstić information content (AvgIpc) is 2.92. The molecule has 0 amide bonds. The van der Waals surface area contributed by atoms with E-state index in [0.717, 1.165) is 11.8 Å². The van der Waals surface area contributed by atoms with Crippen LogP contribution in [0.5, 0.6) is 0 Å². The van der Waals surface area contributed by atoms with Crippen molar-refractivity contribution in [2.45, 2.75) is 6.42 Å². The summed E-state index contributed by atoms with van der Waals surface area (Å²) in [6.07, 6.45) is 2.60. The molecule has 0 N–H and O–H groups in total. The average molecular weight is 244 g/mol. The Balaban J connectivity index is 2.52. The monoisotopic (exact) mass is 244 g/mol. The number of ether oxygens (including phenoxy) is 1. The van der Waals surface area contributed by atoms with Gasteiger partial charge in [-0.25, -0.2) is 4.79 Å². The van der Waals surface area contributed by atoms with Gasteiger partial charge in [-0.2, -0.15) is 0 Å². The molecule has 0 aliphatic carbocycles. The van der Waals surface area contributed by atoms with Crippen LogP contribution in [0.25, 0.3) is 11.3 Å². The molecule has 0 atom stereocenters. The van der Waals surface area contributed by atoms with Gasteiger partial charge >= 0.3 is 5.97 Å². The molecule has 4 heteroatoms. The third-order valence-corrected chi connectivity index (χ3v) is 2.59. The summed E-state index contributed by atoms with van der Waals surface area (Å²) in [6, 6.07) is 8.71. The van der Waals surface area contributed by atoms with E-state index in [1.54, 1.807) is 30.3 Å². The molecular weight excluding hydrogens is 232 g/mol. The predicted molar refractivity (Wildman–Crippen MR) is 65.3 cm³/mol. The van der Waals surface area contributed by atoms with Gasteiger partial charge in [0.25, 0.3) is 0 Å². The van der Waals surface area contributed by atoms with Gasteiger partial charge in [0.1, 0.15) is 12.0 Å². The summed E-state index contributed by atoms with van der Waals surface area (Å²) in [5.41, 5.74) is 1.81. The van der Waals surface area contributed by atoms with Crippen molar-refractivity contribution in [2.24, 2.45) is 0 Å². The SMILES string of the molecule is COC(=O)c1cc(CC=O)ccc1-c1ccco1. The summed E-state index contributed by atoms with van der Waals surface area (Å²) in [4.78, 5) is 22.2. The van der Waals surface area contributed by atoms with E-state index in [4.69, 9.17) is 9.15 Å². The van der Waals surface area contributed by atoms with Crippen molar-refractivity contribution >= 4 is 12.3 Å². The van der Waals surface area contributed by atoms with Crippen molar-refractivity contribution in [1.82, 2.24) is 0 Å². The summed E-state index contributed by atoms with van der Waals surface area (Å²) >= 11 is 0. The second kappa shape index (κ2) is 5.31. The van der Waals surface area contributed by atoms with Crippen LogP contribution in [0.3, 0.4) is 0 Å². The van der Waals surface area contributed by atoms with Crippen LogP contribution in [-0.4, -0.2) is 19.4 Å². The highest BCUT2D eigenvalue weighted by Crippen LogP contribution is 2.26. The van der Waals surface area contributed by atoms with Crippen LogP contribution >= 0.6 is 0 Å². The van der Waals surface area contributed by atoms with Crippen LogP contribution in [-0.2, 0) is 16.0 Å². The van der Waals surface area contributed by atoms with E-state index in [-0.39, 0.29) is 6.42 Å². The molecule has 92 valence electrons. The highest BCUT2D eigenvalue weighted by Gasteiger charge is 2.15. The number of aldehydes is 1. The maximum Gasteiger partial charge on any atom is 0.338 e. The van der Waals surface area contributed by atoms with E-state index in [1.807, 2.05) is 0 Å². The molecule has 2 aromatic rings. The minimum Gasteiger partial charge on any atom is -0.465 e. The molecule has 1 aromatic heterocycles. The number of furan rings is 1. The van der Waals surface area contributed by atoms with Crippen molar-refractivity contribution in [3.8, 4) is 11.3 Å². The minimum atomic E-state index is -0.450. The van der Waals surface area contributed by atoms with Crippen molar-refractivity contribution in [3.63, 3.8) is 0 Å². The van der Waals surface area contributed by atoms with Gasteiger partial charge in [0.05, 0.1) is 18.9 Å². The molecule has 4 nitrogen and oxygen atoms in total. The van der Waals surface area contributed by atoms with Gasteiger partial charge in [0.15, 0.2) is 0 Å². The van der Waals surface area contributed by atoms with Gasteiger partial charge in [-0.1, -0.05) is 12.1 Å². The first kappa shape index (κ1) is 12.1. The third-order valence-electron chi connectivity index (χ3n) is 2.59. The van der Waals surface area contributed by atoms with E-state index < -0.39 is 5.97 Å². The lowest BCUT2D eigenvalue weighted by Gasteiger charge is -2.07. The number of hydrogen-bond donors (Lipinski definition) is 0. The first-order valence-corrected chi connectivity index (χ1v) is 5.45. The van der Waals surface area contributed by atoms with Crippen LogP contribution in [0.4, 0.5) is 0 Å². The molecule has 0 spiro atoms. The van der Waals surface area contributed by atoms with Crippen LogP contribution in [0, 0.1) is 0 Å². The molecular formula is C14H12O4. The molecule has 1 aromatic carbocycles. The standard InChI is InChI=1S/C14H12O4/c1-17-14(16)12-9-10(6-7-15)4-5-11(12)13-3-2-8-18-13/h2-5,7-9H,6H2,1H3. The number of hydrogen-bond acceptors (Lipinski definition) is 4. The molecule has 2 rings (SSSR count). The highest BCUT2D eigenvalue weighted by molar-refractivity contribution is 5.96. The van der Waals surface area contributed by atoms with Crippen molar-refractivity contribution in [3.05, 3.63) is 47.7 Å². The fraction of sp³-hybridized carbons (Fsp3) is 0.143. The lowest BCUT2D eigenvalue weighted by molar-refractivity contribution is -0.107. The van der Waals surface area contributed by atoms with E-state index in [2.05, 4.69) is 0 Å². The zero-order chi connectivity index (χ0) is 13.0. The molecule has 0 aliphatic heterocycles. The van der Waals surface area contributed by atoms with E-state index in [1.165, 1.54) is 13.4 Å². The molecule has 0 saturated carbocycles. The Labute approximate surface area is 104 Å². The lowest BCUT2D eigenvalue weighted by atomic mass is 10.0. The van der Waals surface area contributed by atoms with Crippen molar-refractivity contribution in [1.29, 1.82) is 0 Å². The molecule has 0 saturated heterocycles. The third kappa shape index (κ3) is 2.32. The summed E-state index contributed by atoms with van der Waals surface area (Å²) in [7, 11) is 1.32. The van der Waals surface area contributed by atoms with Gasteiger partial charge in [-0.05, 0) is 23.8 Å². The smallest absolute Gasteiger partial charge is 0.338 e. The molecule has 0 fully saturated rings. The summed E-state index contributed by atoms with van der Waals surface area (Å²) < 4.78 is 10.0. The topological polar surface area (TPSA) is 56.5 Å². The Morgan fingerprint density at radius 3 is 2.83 bits per heavy atom. The van der Waals surface area contributed by atoms with Gasteiger partial charge < -0.3 is 13.9 Å². The summed E-state index contributed by atoms with van der Waals surface area (Å²) in [5, 5.41) is 0. The number of rotatable bonds is 4. The largest absolute Gasteiger partial charge is 0.465 e. The second-order valence-corrected chi connectivity index (χ2v) is 3.72. The maximum absolute atomic E-state index is 11.7. The Morgan fingerprint density at radius 1 is 1.39 bits per heavy atom. The van der Waals surface area contributed by atoms with Gasteiger partial charge in [0, 0.05) is 12.0 Å². The lowest BCUT2D eigenvalue weighted by Crippen LogP contribution is -2.04. The molecule has 0 aliphatic rings. The maximum atomic E-state index is 11.7. The zero-order valence-corrected chi connectivity index (χ0v) is 9.88. The molecule has 0 unspecified atom stereocenters. The number of carbonyl (C=O) groups excluding carboxylic acids is 2. The number of benzene rings is 1. The van der Waals surface area contributed by atoms with E-state index in [9.17, 15) is 9.59 Å². The Morgan fingerprint density at radius 2 is 2.22 bits per heavy atom. The minimum absolute atomic E-state index is 0.266. The number of methoxy groups -OCH3 is 1. The van der Waals surface area contributed by atoms with Crippen LogP contribution in [0.2, 0.25) is 0 Å². The molecule has 0 bridgehead atoms. The van der Waals surface area contributed by atoms with Crippen molar-refractivity contribution < 1.29 is 18.7 Å². The Kier molecular flexibility index (Phi) is 3.57. The summed E-state index contributed by atoms with van der Waals surface area (Å²) in [6.45, 7) is 0.